The number of allylic oxidation sites excluding steroid dienone is 16. The summed E-state index contributed by atoms with van der Waals surface area (Å²) in [4.78, 5) is 36.8. The quantitative estimate of drug-likeness (QED) is 0.0200. The SMILES string of the molecule is CC/C=C/C/C=C/C/C=C/C/C=C/C/C=C/C/C=C/CCC(=O)OC(COCCC(C(=O)[O-])[N+](C)(C)C)COC(=O)CCCCC/C=C/C=C/CCCCCCCCC. The summed E-state index contributed by atoms with van der Waals surface area (Å²) in [5, 5.41) is 11.6. The number of hydrogen-bond acceptors (Lipinski definition) is 7. The predicted octanol–water partition coefficient (Wildman–Crippen LogP) is 11.4. The highest BCUT2D eigenvalue weighted by atomic mass is 16.6. The van der Waals surface area contributed by atoms with Crippen LogP contribution < -0.4 is 5.11 Å². The second kappa shape index (κ2) is 41.0. The van der Waals surface area contributed by atoms with Crippen molar-refractivity contribution >= 4 is 17.9 Å². The van der Waals surface area contributed by atoms with Crippen molar-refractivity contribution in [1.82, 2.24) is 0 Å². The predicted molar refractivity (Wildman–Crippen MR) is 245 cm³/mol. The molecule has 334 valence electrons. The number of esters is 2. The highest BCUT2D eigenvalue weighted by Crippen LogP contribution is 2.11. The molecule has 0 saturated heterocycles. The van der Waals surface area contributed by atoms with Crippen LogP contribution in [0, 0.1) is 0 Å². The molecule has 0 aliphatic heterocycles. The molecule has 0 aliphatic carbocycles. The van der Waals surface area contributed by atoms with Crippen molar-refractivity contribution in [3.63, 3.8) is 0 Å². The molecule has 0 aromatic carbocycles. The zero-order valence-electron chi connectivity index (χ0n) is 37.9. The number of carbonyl (C=O) groups excluding carboxylic acids is 3. The van der Waals surface area contributed by atoms with Gasteiger partial charge in [-0.1, -0.05) is 156 Å². The lowest BCUT2D eigenvalue weighted by molar-refractivity contribution is -0.889. The minimum atomic E-state index is -1.14. The molecule has 0 bridgehead atoms. The molecule has 0 aliphatic rings. The Balaban J connectivity index is 4.53. The van der Waals surface area contributed by atoms with E-state index in [1.54, 1.807) is 21.1 Å². The second-order valence-electron chi connectivity index (χ2n) is 15.9. The Bertz CT molecular complexity index is 1280. The van der Waals surface area contributed by atoms with Gasteiger partial charge in [0.2, 0.25) is 0 Å². The molecule has 0 spiro atoms. The van der Waals surface area contributed by atoms with Gasteiger partial charge in [0.05, 0.1) is 40.3 Å². The molecule has 0 amide bonds. The molecule has 8 heteroatoms. The van der Waals surface area contributed by atoms with Crippen molar-refractivity contribution in [3.8, 4) is 0 Å². The Labute approximate surface area is 360 Å². The van der Waals surface area contributed by atoms with Crippen LogP contribution in [0.1, 0.15) is 155 Å². The molecule has 2 atom stereocenters. The molecule has 0 aromatic heterocycles. The van der Waals surface area contributed by atoms with Crippen molar-refractivity contribution in [2.24, 2.45) is 0 Å². The lowest BCUT2D eigenvalue weighted by atomic mass is 10.1. The monoisotopic (exact) mass is 822 g/mol. The topological polar surface area (TPSA) is 102 Å². The van der Waals surface area contributed by atoms with E-state index in [2.05, 4.69) is 98.9 Å². The number of aliphatic carboxylic acids is 1. The van der Waals surface area contributed by atoms with E-state index in [4.69, 9.17) is 14.2 Å². The largest absolute Gasteiger partial charge is 0.544 e. The molecular formula is C51H83NO7. The number of carboxylic acid groups (broad SMARTS) is 1. The maximum absolute atomic E-state index is 12.7. The van der Waals surface area contributed by atoms with Gasteiger partial charge in [-0.15, -0.1) is 0 Å². The first-order chi connectivity index (χ1) is 28.6. The highest BCUT2D eigenvalue weighted by Gasteiger charge is 2.25. The zero-order chi connectivity index (χ0) is 43.5. The van der Waals surface area contributed by atoms with E-state index in [9.17, 15) is 19.5 Å². The van der Waals surface area contributed by atoms with E-state index in [1.165, 1.54) is 44.9 Å². The number of unbranched alkanes of at least 4 members (excludes halogenated alkanes) is 10. The van der Waals surface area contributed by atoms with Crippen LogP contribution in [0.4, 0.5) is 0 Å². The summed E-state index contributed by atoms with van der Waals surface area (Å²) in [6, 6.07) is -0.748. The van der Waals surface area contributed by atoms with Gasteiger partial charge in [-0.3, -0.25) is 9.59 Å². The molecule has 0 aromatic rings. The number of carboxylic acids is 1. The lowest BCUT2D eigenvalue weighted by Gasteiger charge is -2.34. The highest BCUT2D eigenvalue weighted by molar-refractivity contribution is 5.70. The molecule has 0 fully saturated rings. The summed E-state index contributed by atoms with van der Waals surface area (Å²) in [7, 11) is 5.36. The van der Waals surface area contributed by atoms with E-state index < -0.39 is 24.1 Å². The van der Waals surface area contributed by atoms with Gasteiger partial charge in [-0.25, -0.2) is 0 Å². The van der Waals surface area contributed by atoms with E-state index >= 15 is 0 Å². The van der Waals surface area contributed by atoms with Crippen molar-refractivity contribution < 1.29 is 38.2 Å². The maximum atomic E-state index is 12.7. The van der Waals surface area contributed by atoms with Gasteiger partial charge in [0.15, 0.2) is 6.10 Å². The molecule has 2 unspecified atom stereocenters. The van der Waals surface area contributed by atoms with Crippen LogP contribution in [-0.2, 0) is 28.6 Å². The Morgan fingerprint density at radius 1 is 0.542 bits per heavy atom. The normalized spacial score (nSPS) is 13.8. The van der Waals surface area contributed by atoms with Crippen LogP contribution in [0.25, 0.3) is 0 Å². The van der Waals surface area contributed by atoms with Crippen molar-refractivity contribution in [1.29, 1.82) is 0 Å². The van der Waals surface area contributed by atoms with Crippen LogP contribution in [0.15, 0.2) is 97.2 Å². The van der Waals surface area contributed by atoms with Crippen LogP contribution in [-0.4, -0.2) is 75.5 Å². The van der Waals surface area contributed by atoms with Gasteiger partial charge in [-0.05, 0) is 77.0 Å². The van der Waals surface area contributed by atoms with Crippen molar-refractivity contribution in [2.45, 2.75) is 167 Å². The number of quaternary nitrogens is 1. The number of carbonyl (C=O) groups is 3. The Kier molecular flexibility index (Phi) is 38.4. The standard InChI is InChI=1S/C51H83NO7/c1-6-8-10-12-14-16-18-20-22-24-25-26-28-30-32-34-36-38-40-42-50(54)59-47(45-57-44-43-48(51(55)56)52(3,4)5)46-58-49(53)41-39-37-35-33-31-29-27-23-21-19-17-15-13-11-9-7-2/h8,10,14,16,20,22-23,25-27,29-32,36,38,47-48H,6-7,9,11-13,15,17-19,21,24,28,33-35,37,39-46H2,1-5H3/b10-8+,16-14+,22-20+,26-25+,27-23+,31-29+,32-30+,38-36+. The molecule has 0 rings (SSSR count). The number of likely N-dealkylation sites (N-methyl/N-ethyl adjacent to an activating group) is 1. The fraction of sp³-hybridized carbons (Fsp3) is 0.627. The van der Waals surface area contributed by atoms with Gasteiger partial charge in [0.1, 0.15) is 12.6 Å². The minimum absolute atomic E-state index is 0.00430. The fourth-order valence-electron chi connectivity index (χ4n) is 5.97. The average molecular weight is 822 g/mol. The first kappa shape index (κ1) is 55.2. The smallest absolute Gasteiger partial charge is 0.306 e. The van der Waals surface area contributed by atoms with Crippen molar-refractivity contribution in [2.75, 3.05) is 41.0 Å². The molecule has 0 heterocycles. The summed E-state index contributed by atoms with van der Waals surface area (Å²) in [6.45, 7) is 4.41. The van der Waals surface area contributed by atoms with E-state index in [-0.39, 0.29) is 43.1 Å². The van der Waals surface area contributed by atoms with Crippen LogP contribution in [0.2, 0.25) is 0 Å². The van der Waals surface area contributed by atoms with Gasteiger partial charge in [-0.2, -0.15) is 0 Å². The first-order valence-corrected chi connectivity index (χ1v) is 22.8. The third-order valence-corrected chi connectivity index (χ3v) is 9.50. The summed E-state index contributed by atoms with van der Waals surface area (Å²) < 4.78 is 17.1. The maximum Gasteiger partial charge on any atom is 0.306 e. The summed E-state index contributed by atoms with van der Waals surface area (Å²) in [5.74, 6) is -1.89. The summed E-state index contributed by atoms with van der Waals surface area (Å²) in [6.07, 6.45) is 54.5. The molecule has 59 heavy (non-hydrogen) atoms. The Hall–Kier alpha value is -3.75. The van der Waals surface area contributed by atoms with Gasteiger partial charge < -0.3 is 28.6 Å². The summed E-state index contributed by atoms with van der Waals surface area (Å²) >= 11 is 0. The van der Waals surface area contributed by atoms with Crippen LogP contribution >= 0.6 is 0 Å². The second-order valence-corrected chi connectivity index (χ2v) is 15.9. The Morgan fingerprint density at radius 2 is 1.03 bits per heavy atom. The van der Waals surface area contributed by atoms with Crippen molar-refractivity contribution in [3.05, 3.63) is 97.2 Å². The van der Waals surface area contributed by atoms with Crippen LogP contribution in [0.5, 0.6) is 0 Å². The first-order valence-electron chi connectivity index (χ1n) is 22.8. The number of ether oxygens (including phenoxy) is 3. The van der Waals surface area contributed by atoms with E-state index in [0.717, 1.165) is 70.6 Å². The number of nitrogens with zero attached hydrogens (tertiary/aromatic N) is 1. The third-order valence-electron chi connectivity index (χ3n) is 9.50. The van der Waals surface area contributed by atoms with Gasteiger partial charge >= 0.3 is 11.9 Å². The van der Waals surface area contributed by atoms with Gasteiger partial charge in [0, 0.05) is 19.3 Å². The number of hydrogen-bond donors (Lipinski definition) is 0. The zero-order valence-corrected chi connectivity index (χ0v) is 37.9. The average Bonchev–Trinajstić information content (AvgIpc) is 3.19. The third kappa shape index (κ3) is 39.5. The minimum Gasteiger partial charge on any atom is -0.544 e. The van der Waals surface area contributed by atoms with E-state index in [1.807, 2.05) is 12.2 Å². The van der Waals surface area contributed by atoms with E-state index in [0.29, 0.717) is 12.8 Å². The summed E-state index contributed by atoms with van der Waals surface area (Å²) in [5.41, 5.74) is 0. The molecule has 0 saturated carbocycles. The molecule has 8 nitrogen and oxygen atoms in total. The van der Waals surface area contributed by atoms with Crippen LogP contribution in [0.3, 0.4) is 0 Å². The number of rotatable bonds is 39. The fourth-order valence-corrected chi connectivity index (χ4v) is 5.97. The van der Waals surface area contributed by atoms with Gasteiger partial charge in [0.25, 0.3) is 0 Å². The Morgan fingerprint density at radius 3 is 1.54 bits per heavy atom. The molecular weight excluding hydrogens is 739 g/mol. The lowest BCUT2D eigenvalue weighted by Crippen LogP contribution is -2.55. The molecule has 0 N–H and O–H groups in total. The molecule has 0 radical (unpaired) electrons.